The number of hydrogen-bond acceptors (Lipinski definition) is 6. The van der Waals surface area contributed by atoms with Crippen molar-refractivity contribution in [3.05, 3.63) is 79.6 Å². The SMILES string of the molecule is Nn1c(Cc2cccs2)nn(Cc2n[nH]c(=S)n2-c2ccccc2)c1=O. The first-order valence-electron chi connectivity index (χ1n) is 7.81. The molecule has 3 N–H and O–H groups in total. The van der Waals surface area contributed by atoms with E-state index < -0.39 is 5.69 Å². The second-order valence-corrected chi connectivity index (χ2v) is 7.02. The summed E-state index contributed by atoms with van der Waals surface area (Å²) in [5.74, 6) is 6.97. The normalized spacial score (nSPS) is 11.1. The average Bonchev–Trinajstić information content (AvgIpc) is 3.35. The molecule has 3 aromatic heterocycles. The molecule has 26 heavy (non-hydrogen) atoms. The summed E-state index contributed by atoms with van der Waals surface area (Å²) in [6.07, 6.45) is 0.502. The molecular formula is C16H15N7OS2. The molecule has 0 unspecified atom stereocenters. The maximum atomic E-state index is 12.4. The molecule has 0 saturated heterocycles. The molecule has 8 nitrogen and oxygen atoms in total. The number of H-pyrrole nitrogens is 1. The van der Waals surface area contributed by atoms with Crippen molar-refractivity contribution in [3.8, 4) is 5.69 Å². The standard InChI is InChI=1S/C16H15N7OS2/c17-23-13(9-12-7-4-8-26-12)20-21(16(23)24)10-14-18-19-15(25)22(14)11-5-2-1-3-6-11/h1-8H,9-10,17H2,(H,19,25). The summed E-state index contributed by atoms with van der Waals surface area (Å²) in [4.78, 5) is 13.5. The lowest BCUT2D eigenvalue weighted by Crippen LogP contribution is -2.31. The highest BCUT2D eigenvalue weighted by Gasteiger charge is 2.16. The largest absolute Gasteiger partial charge is 0.365 e. The van der Waals surface area contributed by atoms with E-state index in [1.165, 1.54) is 4.68 Å². The average molecular weight is 385 g/mol. The molecule has 0 aliphatic carbocycles. The minimum atomic E-state index is -0.398. The summed E-state index contributed by atoms with van der Waals surface area (Å²) in [6, 6.07) is 13.5. The van der Waals surface area contributed by atoms with Crippen LogP contribution in [-0.2, 0) is 13.0 Å². The van der Waals surface area contributed by atoms with Crippen molar-refractivity contribution in [2.45, 2.75) is 13.0 Å². The molecule has 0 atom stereocenters. The van der Waals surface area contributed by atoms with Gasteiger partial charge in [-0.25, -0.2) is 9.48 Å². The Kier molecular flexibility index (Phi) is 4.27. The quantitative estimate of drug-likeness (QED) is 0.402. The van der Waals surface area contributed by atoms with Gasteiger partial charge in [0.2, 0.25) is 0 Å². The lowest BCUT2D eigenvalue weighted by atomic mass is 10.3. The first-order chi connectivity index (χ1) is 12.6. The van der Waals surface area contributed by atoms with E-state index in [0.717, 1.165) is 15.2 Å². The molecule has 0 spiro atoms. The Hall–Kier alpha value is -2.98. The number of nitrogens with two attached hydrogens (primary N) is 1. The fourth-order valence-electron chi connectivity index (χ4n) is 2.67. The van der Waals surface area contributed by atoms with E-state index in [4.69, 9.17) is 18.1 Å². The fraction of sp³-hybridized carbons (Fsp3) is 0.125. The highest BCUT2D eigenvalue weighted by atomic mass is 32.1. The Morgan fingerprint density at radius 1 is 1.15 bits per heavy atom. The van der Waals surface area contributed by atoms with Crippen molar-refractivity contribution in [2.75, 3.05) is 5.84 Å². The molecule has 0 aliphatic heterocycles. The van der Waals surface area contributed by atoms with Crippen molar-refractivity contribution in [3.63, 3.8) is 0 Å². The van der Waals surface area contributed by atoms with Gasteiger partial charge in [0, 0.05) is 17.0 Å². The van der Waals surface area contributed by atoms with E-state index in [0.29, 0.717) is 22.8 Å². The van der Waals surface area contributed by atoms with E-state index in [1.807, 2.05) is 47.8 Å². The van der Waals surface area contributed by atoms with Crippen molar-refractivity contribution in [1.82, 2.24) is 29.2 Å². The third-order valence-electron chi connectivity index (χ3n) is 3.90. The van der Waals surface area contributed by atoms with Crippen LogP contribution >= 0.6 is 23.6 Å². The minimum Gasteiger partial charge on any atom is -0.333 e. The molecule has 3 heterocycles. The van der Waals surface area contributed by atoms with Crippen molar-refractivity contribution in [1.29, 1.82) is 0 Å². The number of nitrogens with zero attached hydrogens (tertiary/aromatic N) is 5. The Morgan fingerprint density at radius 2 is 1.96 bits per heavy atom. The Morgan fingerprint density at radius 3 is 2.69 bits per heavy atom. The molecule has 4 aromatic rings. The first kappa shape index (κ1) is 16.5. The number of nitrogen functional groups attached to an aromatic ring is 1. The van der Waals surface area contributed by atoms with Crippen molar-refractivity contribution >= 4 is 23.6 Å². The van der Waals surface area contributed by atoms with E-state index in [-0.39, 0.29) is 6.54 Å². The number of aromatic nitrogens is 6. The van der Waals surface area contributed by atoms with Crippen LogP contribution in [-0.4, -0.2) is 29.2 Å². The highest BCUT2D eigenvalue weighted by Crippen LogP contribution is 2.13. The van der Waals surface area contributed by atoms with Crippen LogP contribution < -0.4 is 11.5 Å². The highest BCUT2D eigenvalue weighted by molar-refractivity contribution is 7.71. The number of thiophene rings is 1. The second-order valence-electron chi connectivity index (χ2n) is 5.60. The van der Waals surface area contributed by atoms with Crippen LogP contribution in [0.4, 0.5) is 0 Å². The third kappa shape index (κ3) is 3.00. The molecule has 0 bridgehead atoms. The van der Waals surface area contributed by atoms with Gasteiger partial charge in [0.1, 0.15) is 6.54 Å². The number of para-hydroxylation sites is 1. The number of nitrogens with one attached hydrogen (secondary N) is 1. The molecule has 0 fully saturated rings. The molecule has 4 rings (SSSR count). The topological polar surface area (TPSA) is 99.4 Å². The third-order valence-corrected chi connectivity index (χ3v) is 5.05. The van der Waals surface area contributed by atoms with Gasteiger partial charge in [-0.15, -0.1) is 11.3 Å². The molecule has 132 valence electrons. The number of aromatic amines is 1. The van der Waals surface area contributed by atoms with Gasteiger partial charge >= 0.3 is 5.69 Å². The maximum Gasteiger partial charge on any atom is 0.365 e. The lowest BCUT2D eigenvalue weighted by molar-refractivity contribution is 0.613. The Balaban J connectivity index is 1.69. The zero-order chi connectivity index (χ0) is 18.1. The first-order valence-corrected chi connectivity index (χ1v) is 9.10. The van der Waals surface area contributed by atoms with Crippen LogP contribution in [0, 0.1) is 4.77 Å². The zero-order valence-electron chi connectivity index (χ0n) is 13.6. The predicted molar refractivity (Wildman–Crippen MR) is 102 cm³/mol. The summed E-state index contributed by atoms with van der Waals surface area (Å²) >= 11 is 6.91. The van der Waals surface area contributed by atoms with E-state index >= 15 is 0 Å². The van der Waals surface area contributed by atoms with Gasteiger partial charge in [0.25, 0.3) is 0 Å². The van der Waals surface area contributed by atoms with Crippen LogP contribution in [0.3, 0.4) is 0 Å². The molecule has 0 amide bonds. The van der Waals surface area contributed by atoms with Gasteiger partial charge in [-0.2, -0.15) is 14.9 Å². The van der Waals surface area contributed by atoms with Crippen LogP contribution in [0.2, 0.25) is 0 Å². The van der Waals surface area contributed by atoms with Gasteiger partial charge in [-0.3, -0.25) is 9.67 Å². The second kappa shape index (κ2) is 6.73. The summed E-state index contributed by atoms with van der Waals surface area (Å²) in [6.45, 7) is 0.155. The summed E-state index contributed by atoms with van der Waals surface area (Å²) < 4.78 is 4.60. The number of benzene rings is 1. The maximum absolute atomic E-state index is 12.4. The summed E-state index contributed by atoms with van der Waals surface area (Å²) in [7, 11) is 0. The van der Waals surface area contributed by atoms with E-state index in [1.54, 1.807) is 15.9 Å². The van der Waals surface area contributed by atoms with E-state index in [9.17, 15) is 4.79 Å². The summed E-state index contributed by atoms with van der Waals surface area (Å²) in [5, 5.41) is 13.4. The van der Waals surface area contributed by atoms with Crippen LogP contribution in [0.25, 0.3) is 5.69 Å². The summed E-state index contributed by atoms with van der Waals surface area (Å²) in [5.41, 5.74) is 0.463. The van der Waals surface area contributed by atoms with Crippen LogP contribution in [0.5, 0.6) is 0 Å². The van der Waals surface area contributed by atoms with Crippen LogP contribution in [0.15, 0.2) is 52.6 Å². The molecule has 10 heteroatoms. The van der Waals surface area contributed by atoms with Crippen LogP contribution in [0.1, 0.15) is 16.5 Å². The van der Waals surface area contributed by atoms with E-state index in [2.05, 4.69) is 15.3 Å². The molecule has 0 radical (unpaired) electrons. The number of hydrogen-bond donors (Lipinski definition) is 2. The predicted octanol–water partition coefficient (Wildman–Crippen LogP) is 1.70. The fourth-order valence-corrected chi connectivity index (χ4v) is 3.63. The zero-order valence-corrected chi connectivity index (χ0v) is 15.2. The Bertz CT molecular complexity index is 1140. The number of rotatable bonds is 5. The minimum absolute atomic E-state index is 0.155. The monoisotopic (exact) mass is 385 g/mol. The van der Waals surface area contributed by atoms with Gasteiger partial charge in [-0.1, -0.05) is 24.3 Å². The lowest BCUT2D eigenvalue weighted by Gasteiger charge is -2.05. The molecule has 0 aliphatic rings. The van der Waals surface area contributed by atoms with Gasteiger partial charge in [0.05, 0.1) is 0 Å². The van der Waals surface area contributed by atoms with Gasteiger partial charge in [-0.05, 0) is 35.8 Å². The van der Waals surface area contributed by atoms with Crippen molar-refractivity contribution < 1.29 is 0 Å². The molecule has 1 aromatic carbocycles. The van der Waals surface area contributed by atoms with Gasteiger partial charge in [0.15, 0.2) is 16.4 Å². The van der Waals surface area contributed by atoms with Gasteiger partial charge < -0.3 is 5.84 Å². The molecule has 0 saturated carbocycles. The van der Waals surface area contributed by atoms with Crippen molar-refractivity contribution in [2.24, 2.45) is 0 Å². The Labute approximate surface area is 157 Å². The smallest absolute Gasteiger partial charge is 0.333 e. The molecular weight excluding hydrogens is 370 g/mol.